The third-order valence-electron chi connectivity index (χ3n) is 3.47. The minimum absolute atomic E-state index is 0.127. The van der Waals surface area contributed by atoms with E-state index in [0.29, 0.717) is 0 Å². The zero-order valence-electron chi connectivity index (χ0n) is 10.2. The van der Waals surface area contributed by atoms with Crippen LogP contribution in [0.25, 0.3) is 11.3 Å². The molecule has 2 heterocycles. The molecule has 1 saturated carbocycles. The number of carbonyl (C=O) groups excluding carboxylic acids is 1. The molecule has 4 nitrogen and oxygen atoms in total. The summed E-state index contributed by atoms with van der Waals surface area (Å²) in [6.45, 7) is 1.93. The summed E-state index contributed by atoms with van der Waals surface area (Å²) in [6.07, 6.45) is 3.19. The summed E-state index contributed by atoms with van der Waals surface area (Å²) in [7, 11) is 0. The van der Waals surface area contributed by atoms with Crippen LogP contribution in [-0.2, 0) is 4.79 Å². The van der Waals surface area contributed by atoms with Crippen LogP contribution in [0.1, 0.15) is 25.0 Å². The molecule has 1 aliphatic rings. The number of aromatic nitrogens is 2. The lowest BCUT2D eigenvalue weighted by atomic mass is 9.85. The second kappa shape index (κ2) is 4.57. The molecule has 2 aromatic rings. The molecule has 0 radical (unpaired) electrons. The van der Waals surface area contributed by atoms with Gasteiger partial charge in [0.2, 0.25) is 5.91 Å². The Bertz CT molecular complexity index is 555. The molecule has 1 amide bonds. The fourth-order valence-corrected chi connectivity index (χ4v) is 2.73. The molecule has 2 N–H and O–H groups in total. The van der Waals surface area contributed by atoms with Gasteiger partial charge in [-0.25, -0.2) is 0 Å². The monoisotopic (exact) mass is 261 g/mol. The molecule has 0 spiro atoms. The Labute approximate surface area is 109 Å². The average Bonchev–Trinajstić information content (AvgIpc) is 2.87. The van der Waals surface area contributed by atoms with Crippen LogP contribution in [0.4, 0.5) is 5.69 Å². The molecular weight excluding hydrogens is 246 g/mol. The number of hydrogen-bond acceptors (Lipinski definition) is 3. The molecule has 3 rings (SSSR count). The molecule has 1 fully saturated rings. The molecule has 1 aliphatic carbocycles. The molecule has 2 aromatic heterocycles. The number of nitrogens with zero attached hydrogens (tertiary/aromatic N) is 1. The van der Waals surface area contributed by atoms with Crippen molar-refractivity contribution in [1.82, 2.24) is 10.2 Å². The van der Waals surface area contributed by atoms with Crippen molar-refractivity contribution in [3.8, 4) is 11.3 Å². The summed E-state index contributed by atoms with van der Waals surface area (Å²) in [5.41, 5.74) is 3.61. The van der Waals surface area contributed by atoms with Crippen molar-refractivity contribution in [2.24, 2.45) is 5.92 Å². The number of anilines is 1. The number of nitrogens with one attached hydrogen (secondary N) is 2. The van der Waals surface area contributed by atoms with Gasteiger partial charge in [-0.05, 0) is 31.2 Å². The molecule has 0 atom stereocenters. The van der Waals surface area contributed by atoms with Crippen LogP contribution in [0.2, 0.25) is 0 Å². The molecule has 0 aromatic carbocycles. The Morgan fingerprint density at radius 3 is 3.00 bits per heavy atom. The van der Waals surface area contributed by atoms with Gasteiger partial charge in [0.05, 0.1) is 11.4 Å². The van der Waals surface area contributed by atoms with E-state index < -0.39 is 0 Å². The van der Waals surface area contributed by atoms with E-state index in [1.165, 1.54) is 6.42 Å². The Morgan fingerprint density at radius 2 is 2.39 bits per heavy atom. The standard InChI is InChI=1S/C13H15N3OS/c1-8-11(14-13(17)9-3-2-4-9)12(16-15-8)10-5-6-18-7-10/h5-7,9H,2-4H2,1H3,(H,14,17)(H,15,16). The van der Waals surface area contributed by atoms with Crippen LogP contribution in [0.15, 0.2) is 16.8 Å². The van der Waals surface area contributed by atoms with Crippen molar-refractivity contribution in [3.05, 3.63) is 22.5 Å². The van der Waals surface area contributed by atoms with Crippen LogP contribution >= 0.6 is 11.3 Å². The van der Waals surface area contributed by atoms with Gasteiger partial charge in [0.15, 0.2) is 0 Å². The van der Waals surface area contributed by atoms with Gasteiger partial charge in [0, 0.05) is 16.9 Å². The summed E-state index contributed by atoms with van der Waals surface area (Å²) in [5.74, 6) is 0.317. The van der Waals surface area contributed by atoms with Gasteiger partial charge >= 0.3 is 0 Å². The molecular formula is C13H15N3OS. The van der Waals surface area contributed by atoms with Gasteiger partial charge < -0.3 is 5.32 Å². The van der Waals surface area contributed by atoms with Crippen LogP contribution in [0.3, 0.4) is 0 Å². The van der Waals surface area contributed by atoms with Crippen molar-refractivity contribution >= 4 is 22.9 Å². The van der Waals surface area contributed by atoms with Crippen molar-refractivity contribution in [2.75, 3.05) is 5.32 Å². The second-order valence-corrected chi connectivity index (χ2v) is 5.48. The first-order valence-corrected chi connectivity index (χ1v) is 7.08. The molecule has 0 aliphatic heterocycles. The number of aryl methyl sites for hydroxylation is 1. The van der Waals surface area contributed by atoms with E-state index in [0.717, 1.165) is 35.5 Å². The Morgan fingerprint density at radius 1 is 1.56 bits per heavy atom. The summed E-state index contributed by atoms with van der Waals surface area (Å²) < 4.78 is 0. The zero-order chi connectivity index (χ0) is 12.5. The normalized spacial score (nSPS) is 15.4. The predicted molar refractivity (Wildman–Crippen MR) is 72.6 cm³/mol. The van der Waals surface area contributed by atoms with Gasteiger partial charge in [0.1, 0.15) is 5.69 Å². The molecule has 18 heavy (non-hydrogen) atoms. The molecule has 0 unspecified atom stereocenters. The highest BCUT2D eigenvalue weighted by Gasteiger charge is 2.26. The van der Waals surface area contributed by atoms with E-state index in [9.17, 15) is 4.79 Å². The first-order chi connectivity index (χ1) is 8.75. The number of H-pyrrole nitrogens is 1. The van der Waals surface area contributed by atoms with Crippen molar-refractivity contribution in [2.45, 2.75) is 26.2 Å². The summed E-state index contributed by atoms with van der Waals surface area (Å²) in [5, 5.41) is 14.3. The highest BCUT2D eigenvalue weighted by Crippen LogP contribution is 2.32. The maximum atomic E-state index is 12.0. The Balaban J connectivity index is 1.86. The minimum Gasteiger partial charge on any atom is -0.322 e. The fourth-order valence-electron chi connectivity index (χ4n) is 2.09. The van der Waals surface area contributed by atoms with Gasteiger partial charge in [-0.2, -0.15) is 16.4 Å². The number of hydrogen-bond donors (Lipinski definition) is 2. The molecule has 0 bridgehead atoms. The smallest absolute Gasteiger partial charge is 0.227 e. The number of aromatic amines is 1. The second-order valence-electron chi connectivity index (χ2n) is 4.70. The van der Waals surface area contributed by atoms with Crippen molar-refractivity contribution in [3.63, 3.8) is 0 Å². The Hall–Kier alpha value is -1.62. The average molecular weight is 261 g/mol. The lowest BCUT2D eigenvalue weighted by Crippen LogP contribution is -2.28. The SMILES string of the molecule is Cc1[nH]nc(-c2ccsc2)c1NC(=O)C1CCC1. The molecule has 94 valence electrons. The first kappa shape index (κ1) is 11.5. The van der Waals surface area contributed by atoms with E-state index >= 15 is 0 Å². The van der Waals surface area contributed by atoms with Gasteiger partial charge in [0.25, 0.3) is 0 Å². The van der Waals surface area contributed by atoms with Crippen LogP contribution < -0.4 is 5.32 Å². The number of thiophene rings is 1. The van der Waals surface area contributed by atoms with Gasteiger partial charge in [-0.15, -0.1) is 0 Å². The van der Waals surface area contributed by atoms with Gasteiger partial charge in [-0.3, -0.25) is 9.89 Å². The fraction of sp³-hybridized carbons (Fsp3) is 0.385. The van der Waals surface area contributed by atoms with Gasteiger partial charge in [-0.1, -0.05) is 6.42 Å². The van der Waals surface area contributed by atoms with Crippen LogP contribution in [0, 0.1) is 12.8 Å². The van der Waals surface area contributed by atoms with Crippen molar-refractivity contribution in [1.29, 1.82) is 0 Å². The summed E-state index contributed by atoms with van der Waals surface area (Å²) in [6, 6.07) is 2.01. The maximum Gasteiger partial charge on any atom is 0.227 e. The third kappa shape index (κ3) is 1.95. The van der Waals surface area contributed by atoms with Crippen LogP contribution in [-0.4, -0.2) is 16.1 Å². The number of carbonyl (C=O) groups is 1. The minimum atomic E-state index is 0.127. The maximum absolute atomic E-state index is 12.0. The Kier molecular flexibility index (Phi) is 2.91. The summed E-state index contributed by atoms with van der Waals surface area (Å²) in [4.78, 5) is 12.0. The van der Waals surface area contributed by atoms with E-state index in [-0.39, 0.29) is 11.8 Å². The first-order valence-electron chi connectivity index (χ1n) is 6.14. The topological polar surface area (TPSA) is 57.8 Å². The van der Waals surface area contributed by atoms with E-state index in [2.05, 4.69) is 15.5 Å². The number of rotatable bonds is 3. The number of amides is 1. The molecule has 0 saturated heterocycles. The quantitative estimate of drug-likeness (QED) is 0.891. The highest BCUT2D eigenvalue weighted by atomic mass is 32.1. The third-order valence-corrected chi connectivity index (χ3v) is 4.15. The summed E-state index contributed by atoms with van der Waals surface area (Å²) >= 11 is 1.63. The van der Waals surface area contributed by atoms with E-state index in [1.54, 1.807) is 11.3 Å². The highest BCUT2D eigenvalue weighted by molar-refractivity contribution is 7.08. The predicted octanol–water partition coefficient (Wildman–Crippen LogP) is 3.19. The lowest BCUT2D eigenvalue weighted by Gasteiger charge is -2.24. The zero-order valence-corrected chi connectivity index (χ0v) is 11.0. The largest absolute Gasteiger partial charge is 0.322 e. The van der Waals surface area contributed by atoms with E-state index in [1.807, 2.05) is 23.8 Å². The van der Waals surface area contributed by atoms with Crippen LogP contribution in [0.5, 0.6) is 0 Å². The van der Waals surface area contributed by atoms with E-state index in [4.69, 9.17) is 0 Å². The van der Waals surface area contributed by atoms with Crippen molar-refractivity contribution < 1.29 is 4.79 Å². The molecule has 5 heteroatoms. The lowest BCUT2D eigenvalue weighted by molar-refractivity contribution is -0.122.